The van der Waals surface area contributed by atoms with Gasteiger partial charge in [-0.25, -0.2) is 9.18 Å². The predicted molar refractivity (Wildman–Crippen MR) is 52.6 cm³/mol. The van der Waals surface area contributed by atoms with Gasteiger partial charge in [0.2, 0.25) is 0 Å². The SMILES string of the molecule is COC(=O)C(F)(Cl)[C@H](O)[C@H]1COC(C)(C)O1. The van der Waals surface area contributed by atoms with Gasteiger partial charge in [0.15, 0.2) is 5.79 Å². The zero-order valence-corrected chi connectivity index (χ0v) is 9.95. The summed E-state index contributed by atoms with van der Waals surface area (Å²) < 4.78 is 28.1. The van der Waals surface area contributed by atoms with Crippen molar-refractivity contribution in [3.8, 4) is 0 Å². The molecule has 0 aliphatic carbocycles. The number of halogens is 2. The number of alkyl halides is 2. The molecular weight excluding hydrogens is 243 g/mol. The van der Waals surface area contributed by atoms with Crippen LogP contribution < -0.4 is 0 Å². The molecule has 0 spiro atoms. The van der Waals surface area contributed by atoms with Crippen LogP contribution in [0.25, 0.3) is 0 Å². The fourth-order valence-electron chi connectivity index (χ4n) is 1.36. The van der Waals surface area contributed by atoms with Gasteiger partial charge < -0.3 is 19.3 Å². The molecule has 0 aromatic carbocycles. The monoisotopic (exact) mass is 256 g/mol. The second-order valence-corrected chi connectivity index (χ2v) is 4.48. The highest BCUT2D eigenvalue weighted by molar-refractivity contribution is 6.33. The fraction of sp³-hybridized carbons (Fsp3) is 0.889. The Labute approximate surface area is 97.4 Å². The van der Waals surface area contributed by atoms with E-state index in [4.69, 9.17) is 21.1 Å². The van der Waals surface area contributed by atoms with E-state index in [1.54, 1.807) is 13.8 Å². The van der Waals surface area contributed by atoms with Crippen LogP contribution in [0.1, 0.15) is 13.8 Å². The molecule has 3 atom stereocenters. The predicted octanol–water partition coefficient (Wildman–Crippen LogP) is 0.576. The van der Waals surface area contributed by atoms with E-state index < -0.39 is 29.1 Å². The van der Waals surface area contributed by atoms with Crippen LogP contribution in [-0.4, -0.2) is 47.9 Å². The Morgan fingerprint density at radius 2 is 2.31 bits per heavy atom. The molecule has 0 radical (unpaired) electrons. The van der Waals surface area contributed by atoms with Crippen LogP contribution in [0, 0.1) is 0 Å². The summed E-state index contributed by atoms with van der Waals surface area (Å²) in [4.78, 5) is 11.0. The Morgan fingerprint density at radius 3 is 2.69 bits per heavy atom. The molecule has 7 heteroatoms. The van der Waals surface area contributed by atoms with Gasteiger partial charge in [0, 0.05) is 0 Å². The second kappa shape index (κ2) is 4.44. The number of carbonyl (C=O) groups is 1. The number of ether oxygens (including phenoxy) is 3. The Bertz CT molecular complexity index is 281. The molecule has 0 aromatic rings. The molecule has 5 nitrogen and oxygen atoms in total. The van der Waals surface area contributed by atoms with E-state index in [0.717, 1.165) is 7.11 Å². The largest absolute Gasteiger partial charge is 0.466 e. The minimum Gasteiger partial charge on any atom is -0.466 e. The van der Waals surface area contributed by atoms with E-state index in [2.05, 4.69) is 4.74 Å². The van der Waals surface area contributed by atoms with Crippen molar-refractivity contribution < 1.29 is 28.5 Å². The first kappa shape index (κ1) is 13.6. The van der Waals surface area contributed by atoms with E-state index in [1.165, 1.54) is 0 Å². The topological polar surface area (TPSA) is 65.0 Å². The highest BCUT2D eigenvalue weighted by atomic mass is 35.5. The van der Waals surface area contributed by atoms with Crippen LogP contribution >= 0.6 is 11.6 Å². The molecule has 1 N–H and O–H groups in total. The molecule has 0 saturated carbocycles. The van der Waals surface area contributed by atoms with Crippen molar-refractivity contribution in [2.75, 3.05) is 13.7 Å². The standard InChI is InChI=1S/C9H14ClFO5/c1-8(2)15-4-5(16-8)6(12)9(10,11)7(13)14-3/h5-6,12H,4H2,1-3H3/t5-,6-,9?/m1/s1. The van der Waals surface area contributed by atoms with Gasteiger partial charge in [-0.3, -0.25) is 0 Å². The Kier molecular flexibility index (Phi) is 3.79. The van der Waals surface area contributed by atoms with Gasteiger partial charge in [-0.05, 0) is 13.8 Å². The van der Waals surface area contributed by atoms with Crippen LogP contribution in [-0.2, 0) is 19.0 Å². The third kappa shape index (κ3) is 2.63. The van der Waals surface area contributed by atoms with Gasteiger partial charge in [-0.2, -0.15) is 0 Å². The van der Waals surface area contributed by atoms with Gasteiger partial charge in [-0.1, -0.05) is 11.6 Å². The number of aliphatic hydroxyl groups excluding tert-OH is 1. The lowest BCUT2D eigenvalue weighted by Crippen LogP contribution is -2.49. The van der Waals surface area contributed by atoms with E-state index in [0.29, 0.717) is 0 Å². The molecule has 94 valence electrons. The first-order valence-corrected chi connectivity index (χ1v) is 5.04. The molecule has 1 fully saturated rings. The minimum absolute atomic E-state index is 0.0520. The van der Waals surface area contributed by atoms with Crippen molar-refractivity contribution in [1.82, 2.24) is 0 Å². The molecule has 0 bridgehead atoms. The number of hydrogen-bond acceptors (Lipinski definition) is 5. The molecule has 0 aromatic heterocycles. The van der Waals surface area contributed by atoms with Gasteiger partial charge in [0.1, 0.15) is 12.2 Å². The van der Waals surface area contributed by atoms with Gasteiger partial charge in [-0.15, -0.1) is 0 Å². The number of rotatable bonds is 3. The average Bonchev–Trinajstić information content (AvgIpc) is 2.56. The molecule has 1 aliphatic heterocycles. The van der Waals surface area contributed by atoms with E-state index >= 15 is 0 Å². The maximum atomic E-state index is 13.7. The number of methoxy groups -OCH3 is 1. The van der Waals surface area contributed by atoms with E-state index in [-0.39, 0.29) is 6.61 Å². The maximum absolute atomic E-state index is 13.7. The molecule has 1 unspecified atom stereocenters. The lowest BCUT2D eigenvalue weighted by Gasteiger charge is -2.26. The van der Waals surface area contributed by atoms with E-state index in [9.17, 15) is 14.3 Å². The number of hydrogen-bond donors (Lipinski definition) is 1. The van der Waals surface area contributed by atoms with Crippen molar-refractivity contribution in [3.63, 3.8) is 0 Å². The van der Waals surface area contributed by atoms with Gasteiger partial charge in [0.25, 0.3) is 0 Å². The summed E-state index contributed by atoms with van der Waals surface area (Å²) in [6.07, 6.45) is -2.88. The Morgan fingerprint density at radius 1 is 1.75 bits per heavy atom. The summed E-state index contributed by atoms with van der Waals surface area (Å²) in [5, 5.41) is 6.56. The molecule has 1 heterocycles. The summed E-state index contributed by atoms with van der Waals surface area (Å²) in [5.74, 6) is -2.30. The smallest absolute Gasteiger partial charge is 0.362 e. The summed E-state index contributed by atoms with van der Waals surface area (Å²) in [6.45, 7) is 3.15. The molecule has 16 heavy (non-hydrogen) atoms. The number of carbonyl (C=O) groups excluding carboxylic acids is 1. The first-order valence-electron chi connectivity index (χ1n) is 4.67. The highest BCUT2D eigenvalue weighted by Crippen LogP contribution is 2.32. The second-order valence-electron chi connectivity index (χ2n) is 3.93. The highest BCUT2D eigenvalue weighted by Gasteiger charge is 2.52. The summed E-state index contributed by atoms with van der Waals surface area (Å²) in [6, 6.07) is 0. The van der Waals surface area contributed by atoms with E-state index in [1.807, 2.05) is 0 Å². The Balaban J connectivity index is 2.71. The Hall–Kier alpha value is -0.430. The first-order chi connectivity index (χ1) is 7.20. The fourth-order valence-corrected chi connectivity index (χ4v) is 1.58. The van der Waals surface area contributed by atoms with Gasteiger partial charge in [0.05, 0.1) is 13.7 Å². The lowest BCUT2D eigenvalue weighted by atomic mass is 10.1. The number of esters is 1. The number of aliphatic hydroxyl groups is 1. The molecule has 1 rings (SSSR count). The van der Waals surface area contributed by atoms with Crippen molar-refractivity contribution in [2.45, 2.75) is 37.0 Å². The lowest BCUT2D eigenvalue weighted by molar-refractivity contribution is -0.173. The molecule has 1 saturated heterocycles. The van der Waals surface area contributed by atoms with Crippen LogP contribution in [0.5, 0.6) is 0 Å². The quantitative estimate of drug-likeness (QED) is 0.591. The zero-order chi connectivity index (χ0) is 12.6. The normalized spacial score (nSPS) is 29.5. The zero-order valence-electron chi connectivity index (χ0n) is 9.20. The molecular formula is C9H14ClFO5. The summed E-state index contributed by atoms with van der Waals surface area (Å²) in [5.41, 5.74) is 0. The summed E-state index contributed by atoms with van der Waals surface area (Å²) >= 11 is 5.28. The molecule has 0 amide bonds. The van der Waals surface area contributed by atoms with Crippen molar-refractivity contribution in [2.24, 2.45) is 0 Å². The molecule has 1 aliphatic rings. The third-order valence-corrected chi connectivity index (χ3v) is 2.59. The van der Waals surface area contributed by atoms with Gasteiger partial charge >= 0.3 is 11.1 Å². The average molecular weight is 257 g/mol. The third-order valence-electron chi connectivity index (χ3n) is 2.21. The van der Waals surface area contributed by atoms with Crippen molar-refractivity contribution in [1.29, 1.82) is 0 Å². The van der Waals surface area contributed by atoms with Crippen LogP contribution in [0.15, 0.2) is 0 Å². The van der Waals surface area contributed by atoms with Crippen LogP contribution in [0.4, 0.5) is 4.39 Å². The minimum atomic E-state index is -3.04. The van der Waals surface area contributed by atoms with Crippen LogP contribution in [0.3, 0.4) is 0 Å². The van der Waals surface area contributed by atoms with Crippen LogP contribution in [0.2, 0.25) is 0 Å². The maximum Gasteiger partial charge on any atom is 0.362 e. The van der Waals surface area contributed by atoms with Crippen molar-refractivity contribution in [3.05, 3.63) is 0 Å². The van der Waals surface area contributed by atoms with Crippen molar-refractivity contribution >= 4 is 17.6 Å². The summed E-state index contributed by atoms with van der Waals surface area (Å²) in [7, 11) is 0.974.